The molecule has 6 heteroatoms. The number of aromatic nitrogens is 2. The van der Waals surface area contributed by atoms with Crippen LogP contribution in [0, 0.1) is 0 Å². The fraction of sp³-hybridized carbons (Fsp3) is 0.692. The molecule has 6 nitrogen and oxygen atoms in total. The predicted octanol–water partition coefficient (Wildman–Crippen LogP) is 1.58. The molecule has 0 spiro atoms. The summed E-state index contributed by atoms with van der Waals surface area (Å²) in [4.78, 5) is 12.0. The molecule has 1 aliphatic rings. The zero-order valence-electron chi connectivity index (χ0n) is 11.7. The average molecular weight is 266 g/mol. The summed E-state index contributed by atoms with van der Waals surface area (Å²) in [6.45, 7) is 4.06. The molecule has 2 amide bonds. The van der Waals surface area contributed by atoms with Crippen LogP contribution in [0.2, 0.25) is 0 Å². The van der Waals surface area contributed by atoms with Crippen molar-refractivity contribution >= 4 is 11.7 Å². The largest absolute Gasteiger partial charge is 0.394 e. The Morgan fingerprint density at radius 3 is 2.74 bits per heavy atom. The number of rotatable bonds is 4. The summed E-state index contributed by atoms with van der Waals surface area (Å²) in [7, 11) is 1.83. The van der Waals surface area contributed by atoms with Gasteiger partial charge in [0.05, 0.1) is 23.5 Å². The monoisotopic (exact) mass is 266 g/mol. The van der Waals surface area contributed by atoms with Crippen molar-refractivity contribution in [1.29, 1.82) is 0 Å². The van der Waals surface area contributed by atoms with Crippen LogP contribution in [-0.2, 0) is 7.05 Å². The molecular formula is C13H22N4O2. The molecule has 0 saturated heterocycles. The lowest BCUT2D eigenvalue weighted by molar-refractivity contribution is 0.0984. The molecule has 0 atom stereocenters. The summed E-state index contributed by atoms with van der Waals surface area (Å²) < 4.78 is 1.69. The van der Waals surface area contributed by atoms with Crippen LogP contribution in [0.25, 0.3) is 0 Å². The molecule has 0 radical (unpaired) electrons. The van der Waals surface area contributed by atoms with Gasteiger partial charge in [-0.05, 0) is 25.2 Å². The van der Waals surface area contributed by atoms with E-state index in [1.807, 2.05) is 20.9 Å². The molecule has 0 unspecified atom stereocenters. The molecule has 1 aliphatic carbocycles. The summed E-state index contributed by atoms with van der Waals surface area (Å²) >= 11 is 0. The first kappa shape index (κ1) is 13.9. The summed E-state index contributed by atoms with van der Waals surface area (Å²) in [5.41, 5.74) is 1.16. The first-order valence-corrected chi connectivity index (χ1v) is 6.69. The van der Waals surface area contributed by atoms with E-state index in [0.717, 1.165) is 30.6 Å². The van der Waals surface area contributed by atoms with E-state index in [2.05, 4.69) is 15.7 Å². The van der Waals surface area contributed by atoms with E-state index in [4.69, 9.17) is 0 Å². The molecule has 0 aromatic carbocycles. The molecule has 19 heavy (non-hydrogen) atoms. The van der Waals surface area contributed by atoms with E-state index in [1.165, 1.54) is 0 Å². The van der Waals surface area contributed by atoms with Gasteiger partial charge in [0.15, 0.2) is 0 Å². The first-order valence-electron chi connectivity index (χ1n) is 6.69. The number of nitrogens with one attached hydrogen (secondary N) is 2. The molecule has 0 aliphatic heterocycles. The van der Waals surface area contributed by atoms with Crippen LogP contribution in [0.4, 0.5) is 10.5 Å². The lowest BCUT2D eigenvalue weighted by Crippen LogP contribution is -2.57. The molecule has 3 N–H and O–H groups in total. The quantitative estimate of drug-likeness (QED) is 0.774. The molecule has 1 fully saturated rings. The molecule has 2 rings (SSSR count). The van der Waals surface area contributed by atoms with Crippen molar-refractivity contribution in [2.75, 3.05) is 11.9 Å². The van der Waals surface area contributed by atoms with E-state index >= 15 is 0 Å². The Hall–Kier alpha value is -1.56. The van der Waals surface area contributed by atoms with Crippen LogP contribution in [-0.4, -0.2) is 33.1 Å². The van der Waals surface area contributed by atoms with Crippen LogP contribution in [0.3, 0.4) is 0 Å². The van der Waals surface area contributed by atoms with Crippen molar-refractivity contribution in [2.24, 2.45) is 7.05 Å². The van der Waals surface area contributed by atoms with Crippen LogP contribution in [0.1, 0.15) is 44.7 Å². The number of nitrogens with zero attached hydrogens (tertiary/aromatic N) is 2. The molecule has 1 aromatic heterocycles. The third-order valence-electron chi connectivity index (χ3n) is 3.64. The van der Waals surface area contributed by atoms with Crippen LogP contribution in [0.5, 0.6) is 0 Å². The number of carbonyl (C=O) groups is 1. The van der Waals surface area contributed by atoms with Gasteiger partial charge in [-0.2, -0.15) is 5.10 Å². The van der Waals surface area contributed by atoms with Gasteiger partial charge in [-0.3, -0.25) is 4.68 Å². The highest BCUT2D eigenvalue weighted by Crippen LogP contribution is 2.31. The smallest absolute Gasteiger partial charge is 0.319 e. The number of carbonyl (C=O) groups excluding carboxylic acids is 1. The Balaban J connectivity index is 2.02. The summed E-state index contributed by atoms with van der Waals surface area (Å²) in [5, 5.41) is 19.4. The second-order valence-corrected chi connectivity index (χ2v) is 5.63. The lowest BCUT2D eigenvalue weighted by Gasteiger charge is -2.40. The van der Waals surface area contributed by atoms with E-state index < -0.39 is 5.54 Å². The predicted molar refractivity (Wildman–Crippen MR) is 73.1 cm³/mol. The van der Waals surface area contributed by atoms with Gasteiger partial charge < -0.3 is 15.7 Å². The zero-order chi connectivity index (χ0) is 14.0. The zero-order valence-corrected chi connectivity index (χ0v) is 11.7. The van der Waals surface area contributed by atoms with Crippen molar-refractivity contribution in [3.63, 3.8) is 0 Å². The molecular weight excluding hydrogens is 244 g/mol. The minimum Gasteiger partial charge on any atom is -0.394 e. The van der Waals surface area contributed by atoms with Crippen LogP contribution >= 0.6 is 0 Å². The molecule has 1 heterocycles. The Labute approximate surface area is 113 Å². The Morgan fingerprint density at radius 2 is 2.26 bits per heavy atom. The molecule has 1 saturated carbocycles. The maximum atomic E-state index is 12.0. The lowest BCUT2D eigenvalue weighted by atomic mass is 9.77. The van der Waals surface area contributed by atoms with E-state index in [9.17, 15) is 9.90 Å². The fourth-order valence-corrected chi connectivity index (χ4v) is 2.35. The van der Waals surface area contributed by atoms with E-state index in [0.29, 0.717) is 0 Å². The summed E-state index contributed by atoms with van der Waals surface area (Å²) in [6, 6.07) is -0.274. The number of urea groups is 1. The third-order valence-corrected chi connectivity index (χ3v) is 3.64. The van der Waals surface area contributed by atoms with Gasteiger partial charge in [-0.15, -0.1) is 0 Å². The van der Waals surface area contributed by atoms with Gasteiger partial charge >= 0.3 is 6.03 Å². The van der Waals surface area contributed by atoms with Gasteiger partial charge in [0.25, 0.3) is 0 Å². The number of aliphatic hydroxyl groups excluding tert-OH is 1. The van der Waals surface area contributed by atoms with Crippen molar-refractivity contribution in [2.45, 2.75) is 44.6 Å². The molecule has 106 valence electrons. The number of hydrogen-bond acceptors (Lipinski definition) is 3. The van der Waals surface area contributed by atoms with Gasteiger partial charge in [-0.1, -0.05) is 13.8 Å². The highest BCUT2D eigenvalue weighted by Gasteiger charge is 2.37. The average Bonchev–Trinajstić information content (AvgIpc) is 2.65. The number of aliphatic hydroxyl groups is 1. The number of hydrogen-bond donors (Lipinski definition) is 3. The van der Waals surface area contributed by atoms with Crippen molar-refractivity contribution in [3.8, 4) is 0 Å². The topological polar surface area (TPSA) is 79.2 Å². The maximum absolute atomic E-state index is 12.0. The second kappa shape index (κ2) is 5.21. The van der Waals surface area contributed by atoms with Crippen LogP contribution < -0.4 is 10.6 Å². The number of anilines is 1. The Kier molecular flexibility index (Phi) is 3.80. The number of amides is 2. The normalized spacial score (nSPS) is 17.1. The minimum absolute atomic E-state index is 0.00943. The first-order chi connectivity index (χ1) is 8.96. The van der Waals surface area contributed by atoms with Gasteiger partial charge in [-0.25, -0.2) is 4.79 Å². The van der Waals surface area contributed by atoms with Gasteiger partial charge in [0.2, 0.25) is 0 Å². The van der Waals surface area contributed by atoms with Gasteiger partial charge in [0.1, 0.15) is 0 Å². The Bertz CT molecular complexity index is 458. The molecule has 0 bridgehead atoms. The summed E-state index contributed by atoms with van der Waals surface area (Å²) in [6.07, 6.45) is 4.51. The van der Waals surface area contributed by atoms with E-state index in [-0.39, 0.29) is 18.6 Å². The molecule has 1 aromatic rings. The van der Waals surface area contributed by atoms with Crippen molar-refractivity contribution in [1.82, 2.24) is 15.1 Å². The van der Waals surface area contributed by atoms with Crippen molar-refractivity contribution < 1.29 is 9.90 Å². The third kappa shape index (κ3) is 2.89. The number of aryl methyl sites for hydroxylation is 1. The fourth-order valence-electron chi connectivity index (χ4n) is 2.35. The summed E-state index contributed by atoms with van der Waals surface area (Å²) in [5.74, 6) is 0.243. The SMILES string of the molecule is CC(C)c1nn(C)cc1NC(=O)NC1(CO)CCC1. The van der Waals surface area contributed by atoms with E-state index in [1.54, 1.807) is 10.9 Å². The minimum atomic E-state index is -0.426. The van der Waals surface area contributed by atoms with Crippen LogP contribution in [0.15, 0.2) is 6.20 Å². The highest BCUT2D eigenvalue weighted by molar-refractivity contribution is 5.90. The van der Waals surface area contributed by atoms with Crippen molar-refractivity contribution in [3.05, 3.63) is 11.9 Å². The Morgan fingerprint density at radius 1 is 1.58 bits per heavy atom. The standard InChI is InChI=1S/C13H22N4O2/c1-9(2)11-10(7-17(3)16-11)14-12(19)15-13(8-18)5-4-6-13/h7,9,18H,4-6,8H2,1-3H3,(H2,14,15,19). The van der Waals surface area contributed by atoms with Gasteiger partial charge in [0, 0.05) is 13.2 Å². The second-order valence-electron chi connectivity index (χ2n) is 5.63. The highest BCUT2D eigenvalue weighted by atomic mass is 16.3. The maximum Gasteiger partial charge on any atom is 0.319 e.